The van der Waals surface area contributed by atoms with Gasteiger partial charge in [0.2, 0.25) is 17.6 Å². The van der Waals surface area contributed by atoms with E-state index in [0.717, 1.165) is 28.6 Å². The van der Waals surface area contributed by atoms with Crippen LogP contribution in [-0.4, -0.2) is 262 Å². The van der Waals surface area contributed by atoms with Gasteiger partial charge in [-0.2, -0.15) is 5.10 Å². The maximum atomic E-state index is 14.8. The number of phenols is 1. The number of aromatic nitrogens is 8. The fourth-order valence-electron chi connectivity index (χ4n) is 16.4. The summed E-state index contributed by atoms with van der Waals surface area (Å²) in [4.78, 5) is 123. The summed E-state index contributed by atoms with van der Waals surface area (Å²) in [5, 5.41) is 54.5. The van der Waals surface area contributed by atoms with Gasteiger partial charge in [0.1, 0.15) is 66.0 Å². The molecule has 7 heterocycles. The maximum absolute atomic E-state index is 14.8. The molecule has 15 atom stereocenters. The largest absolute Gasteiger partial charge is 0.508 e. The number of ether oxygens (including phenoxy) is 11. The predicted molar refractivity (Wildman–Crippen MR) is 454 cm³/mol. The van der Waals surface area contributed by atoms with Crippen molar-refractivity contribution in [3.05, 3.63) is 90.1 Å². The second-order valence-electron chi connectivity index (χ2n) is 33.0. The van der Waals surface area contributed by atoms with Gasteiger partial charge in [-0.15, -0.1) is 5.10 Å². The first-order chi connectivity index (χ1) is 59.2. The van der Waals surface area contributed by atoms with Crippen LogP contribution in [-0.2, 0) is 104 Å². The normalized spacial score (nSPS) is 26.9. The highest BCUT2D eigenvalue weighted by Crippen LogP contribution is 2.41. The van der Waals surface area contributed by atoms with Crippen LogP contribution in [0.25, 0.3) is 33.3 Å². The van der Waals surface area contributed by atoms with Crippen molar-refractivity contribution in [1.82, 2.24) is 55.3 Å². The average Bonchev–Trinajstić information content (AvgIpc) is 1.69. The molecule has 3 aliphatic heterocycles. The second-order valence-corrected chi connectivity index (χ2v) is 33.0. The van der Waals surface area contributed by atoms with Crippen LogP contribution in [0, 0.1) is 35.5 Å². The van der Waals surface area contributed by atoms with E-state index in [1.165, 1.54) is 18.3 Å². The number of amides is 3. The molecule has 1 aliphatic carbocycles. The zero-order valence-electron chi connectivity index (χ0n) is 73.1. The number of cyclic esters (lactones) is 1. The maximum Gasteiger partial charge on any atom is 0.329 e. The van der Waals surface area contributed by atoms with E-state index in [-0.39, 0.29) is 125 Å². The van der Waals surface area contributed by atoms with Crippen molar-refractivity contribution in [2.75, 3.05) is 113 Å². The standard InChI is InChI=1S/C89H130N12O22/c1-56-19-12-11-13-20-57(2)73(113-8)51-67-26-23-62(7)89(112,123-67)84(109)87(110)99-33-16-14-21-71(99)88(111)122-74(52-72(103)58(3)46-61(6)82(108)83(115-10)81(107)60(5)45-56)59(4)47-63-24-28-70(75(48-63)114-9)101-53-65(96-98-101)54-121-78(106)22-18-35-116-39-43-120-44-41-118-37-30-77(105)92-32-38-119-42-40-117-36-29-76(104)91-31-15-17-34-100-86-79(85(90)93-55-94-86)80(97-100)69-50-64-49-66(102)25-27-68(64)95-69/h11-13,19-20,25,27,46,49-50,53,55-56,58-60,62-63,67,70-71,73-75,82-83,95,102,108,112H,14-18,21-24,26,28-45,47-48,51-52,54H2,1-10H3,(H,91,104)(H,92,105)(H2,90,93,94)/b13-11+,19-12+,57-20+,61-46+/t56-,58-,59-,60-,62-,63+,67+,70+,71+,73+,74+,75-,82-,83+,89-/m1/s1. The molecule has 2 saturated heterocycles. The number of benzene rings is 1. The highest BCUT2D eigenvalue weighted by molar-refractivity contribution is 6.39. The number of aromatic hydroxyl groups is 1. The molecule has 4 aromatic heterocycles. The topological polar surface area (TPSA) is 442 Å². The summed E-state index contributed by atoms with van der Waals surface area (Å²) >= 11 is 0. The number of hydrogen-bond acceptors (Lipinski definition) is 28. The number of nitrogens with zero attached hydrogens (tertiary/aromatic N) is 8. The Balaban J connectivity index is 0.633. The Morgan fingerprint density at radius 2 is 1.48 bits per heavy atom. The molecule has 0 spiro atoms. The molecular weight excluding hydrogens is 1590 g/mol. The number of piperidine rings is 1. The number of nitrogen functional groups attached to an aromatic ring is 1. The number of esters is 2. The molecule has 678 valence electrons. The fraction of sp³-hybridized carbons (Fsp3) is 0.652. The van der Waals surface area contributed by atoms with Crippen molar-refractivity contribution in [2.45, 2.75) is 232 Å². The highest BCUT2D eigenvalue weighted by Gasteiger charge is 2.53. The Kier molecular flexibility index (Phi) is 39.4. The summed E-state index contributed by atoms with van der Waals surface area (Å²) in [6.07, 6.45) is 16.6. The number of allylic oxidation sites excluding steroid dienone is 6. The minimum atomic E-state index is -2.48. The first-order valence-electron chi connectivity index (χ1n) is 43.5. The third-order valence-electron chi connectivity index (χ3n) is 23.6. The number of ketones is 3. The van der Waals surface area contributed by atoms with Gasteiger partial charge in [0.05, 0.1) is 101 Å². The van der Waals surface area contributed by atoms with Crippen molar-refractivity contribution >= 4 is 74.8 Å². The number of methoxy groups -OCH3 is 3. The Bertz CT molecular complexity index is 4390. The van der Waals surface area contributed by atoms with E-state index in [1.807, 2.05) is 57.2 Å². The Hall–Kier alpha value is -9.07. The van der Waals surface area contributed by atoms with E-state index in [4.69, 9.17) is 62.9 Å². The zero-order valence-corrected chi connectivity index (χ0v) is 73.1. The molecule has 3 fully saturated rings. The Labute approximate surface area is 719 Å². The number of Topliss-reactive ketones (excluding diaryl/α,β-unsaturated/α-hetero) is 3. The van der Waals surface area contributed by atoms with Crippen LogP contribution in [0.5, 0.6) is 5.75 Å². The number of H-pyrrole nitrogens is 1. The van der Waals surface area contributed by atoms with Crippen molar-refractivity contribution in [3.63, 3.8) is 0 Å². The quantitative estimate of drug-likeness (QED) is 0.00846. The summed E-state index contributed by atoms with van der Waals surface area (Å²) in [6, 6.07) is 5.54. The van der Waals surface area contributed by atoms with Crippen molar-refractivity contribution in [1.29, 1.82) is 0 Å². The van der Waals surface area contributed by atoms with Crippen LogP contribution < -0.4 is 16.4 Å². The molecule has 8 N–H and O–H groups in total. The van der Waals surface area contributed by atoms with Gasteiger partial charge < -0.3 is 93.7 Å². The van der Waals surface area contributed by atoms with Gasteiger partial charge in [-0.1, -0.05) is 76.3 Å². The van der Waals surface area contributed by atoms with Gasteiger partial charge in [-0.3, -0.25) is 33.6 Å². The Morgan fingerprint density at radius 1 is 0.764 bits per heavy atom. The number of nitrogens with one attached hydrogen (secondary N) is 3. The number of hydrogen-bond donors (Lipinski definition) is 7. The van der Waals surface area contributed by atoms with Crippen LogP contribution in [0.3, 0.4) is 0 Å². The monoisotopic (exact) mass is 1720 g/mol. The number of anilines is 1. The predicted octanol–water partition coefficient (Wildman–Crippen LogP) is 8.63. The second kappa shape index (κ2) is 49.6. The van der Waals surface area contributed by atoms with E-state index in [9.17, 15) is 53.7 Å². The van der Waals surface area contributed by atoms with E-state index in [1.54, 1.807) is 81.8 Å². The summed E-state index contributed by atoms with van der Waals surface area (Å²) in [6.45, 7) is 16.8. The first kappa shape index (κ1) is 97.7. The molecular formula is C89H130N12O22. The molecule has 1 aromatic carbocycles. The minimum Gasteiger partial charge on any atom is -0.508 e. The number of aryl methyl sites for hydroxylation is 1. The molecule has 9 rings (SSSR count). The third-order valence-corrected chi connectivity index (χ3v) is 23.6. The lowest BCUT2D eigenvalue weighted by Gasteiger charge is -2.42. The molecule has 34 heteroatoms. The smallest absolute Gasteiger partial charge is 0.329 e. The zero-order chi connectivity index (χ0) is 88.5. The highest BCUT2D eigenvalue weighted by atomic mass is 16.6. The lowest BCUT2D eigenvalue weighted by Crippen LogP contribution is -2.61. The number of carbonyl (C=O) groups is 8. The molecule has 3 amide bonds. The summed E-state index contributed by atoms with van der Waals surface area (Å²) in [7, 11) is 4.56. The van der Waals surface area contributed by atoms with E-state index >= 15 is 0 Å². The number of phenolic OH excluding ortho intramolecular Hbond substituents is 1. The van der Waals surface area contributed by atoms with Gasteiger partial charge in [0.25, 0.3) is 11.7 Å². The average molecular weight is 1720 g/mol. The summed E-state index contributed by atoms with van der Waals surface area (Å²) < 4.78 is 67.3. The molecule has 2 bridgehead atoms. The summed E-state index contributed by atoms with van der Waals surface area (Å²) in [5.41, 5.74) is 10.7. The number of aliphatic hydroxyl groups is 2. The van der Waals surface area contributed by atoms with Gasteiger partial charge >= 0.3 is 11.9 Å². The lowest BCUT2D eigenvalue weighted by molar-refractivity contribution is -0.265. The van der Waals surface area contributed by atoms with Gasteiger partial charge in [-0.25, -0.2) is 24.1 Å². The van der Waals surface area contributed by atoms with Gasteiger partial charge in [0.15, 0.2) is 11.4 Å². The molecule has 4 aliphatic rings. The lowest BCUT2D eigenvalue weighted by atomic mass is 9.77. The van der Waals surface area contributed by atoms with Crippen LogP contribution >= 0.6 is 0 Å². The van der Waals surface area contributed by atoms with E-state index in [2.05, 4.69) is 35.9 Å². The van der Waals surface area contributed by atoms with Crippen LogP contribution in [0.2, 0.25) is 0 Å². The molecule has 5 aromatic rings. The SMILES string of the molecule is CO[C@H]1C[C@@H]2CC[C@@H](C)[C@@](O)(O2)C(=O)C(=O)N2CCCC[C@H]2C(=O)O[C@H]([C@H](C)C[C@@H]2CC[C@H](n3cc(COC(=O)CCCOCCOCCOCCC(=O)NCCOCCOCCC(=O)NCCCCn4nc(-c5cc6cc(O)ccc6[nH]5)c5c(N)ncnc54)nn3)[C@H](OC)C2)CC(=O)[C@H](C)/C=C(\C)[C@@H](O)[C@@H](OC)C(=O)[C@H](C)C[C@H](C)/C=C/C=C/C=C/1C. The molecule has 1 saturated carbocycles. The van der Waals surface area contributed by atoms with Crippen LogP contribution in [0.4, 0.5) is 5.82 Å². The fourth-order valence-corrected chi connectivity index (χ4v) is 16.4. The van der Waals surface area contributed by atoms with E-state index < -0.39 is 89.6 Å². The number of aromatic amines is 1. The van der Waals surface area contributed by atoms with Crippen LogP contribution in [0.15, 0.2) is 84.4 Å². The first-order valence-corrected chi connectivity index (χ1v) is 43.5. The molecule has 34 nitrogen and oxygen atoms in total. The van der Waals surface area contributed by atoms with Gasteiger partial charge in [-0.05, 0) is 150 Å². The van der Waals surface area contributed by atoms with Gasteiger partial charge in [0, 0.05) is 115 Å². The summed E-state index contributed by atoms with van der Waals surface area (Å²) in [5.74, 6) is -8.83. The number of carbonyl (C=O) groups excluding carboxylic acids is 8. The molecule has 0 unspecified atom stereocenters. The van der Waals surface area contributed by atoms with Crippen molar-refractivity contribution < 1.29 is 106 Å². The number of nitrogens with two attached hydrogens (primary N) is 1. The van der Waals surface area contributed by atoms with Crippen molar-refractivity contribution in [3.8, 4) is 17.1 Å². The van der Waals surface area contributed by atoms with Crippen molar-refractivity contribution in [2.24, 2.45) is 35.5 Å². The molecule has 123 heavy (non-hydrogen) atoms. The number of aliphatic hydroxyl groups excluding tert-OH is 1. The third kappa shape index (κ3) is 29.0. The number of rotatable bonds is 37. The van der Waals surface area contributed by atoms with Crippen LogP contribution in [0.1, 0.15) is 176 Å². The Morgan fingerprint density at radius 3 is 2.20 bits per heavy atom. The molecule has 0 radical (unpaired) electrons. The number of fused-ring (bicyclic) bond motifs is 5. The minimum absolute atomic E-state index is 0.0201. The number of unbranched alkanes of at least 4 members (excludes halogenated alkanes) is 1. The van der Waals surface area contributed by atoms with E-state index in [0.29, 0.717) is 170 Å².